The zero-order valence-electron chi connectivity index (χ0n) is 14.9. The molecule has 0 fully saturated rings. The van der Waals surface area contributed by atoms with E-state index < -0.39 is 3.42 Å². The average Bonchev–Trinajstić information content (AvgIpc) is 2.65. The number of rotatable bonds is 3. The summed E-state index contributed by atoms with van der Waals surface area (Å²) in [6.07, 6.45) is 0. The van der Waals surface area contributed by atoms with Gasteiger partial charge in [-0.15, -0.1) is 0 Å². The Morgan fingerprint density at radius 2 is 1.52 bits per heavy atom. The van der Waals surface area contributed by atoms with Gasteiger partial charge in [0.05, 0.1) is 9.79 Å². The quantitative estimate of drug-likeness (QED) is 0.107. The third kappa shape index (κ3) is 3.91. The summed E-state index contributed by atoms with van der Waals surface area (Å²) in [6.45, 7) is 3.71. The number of halogens is 1. The van der Waals surface area contributed by atoms with Crippen molar-refractivity contribution in [3.8, 4) is 5.75 Å². The van der Waals surface area contributed by atoms with Crippen LogP contribution in [0.3, 0.4) is 0 Å². The van der Waals surface area contributed by atoms with Crippen molar-refractivity contribution in [1.82, 2.24) is 0 Å². The van der Waals surface area contributed by atoms with E-state index in [0.29, 0.717) is 5.75 Å². The van der Waals surface area contributed by atoms with Gasteiger partial charge in [-0.2, -0.15) is 0 Å². The number of carbonyl (C=O) groups excluding carboxylic acids is 1. The summed E-state index contributed by atoms with van der Waals surface area (Å²) < 4.78 is 5.08. The molecular formula is C22H18IO2S2+. The fraction of sp³-hybridized carbons (Fsp3) is 0.136. The number of fused-ring (bicyclic) bond motifs is 2. The minimum Gasteiger partial charge on any atom is -0.425 e. The molecular weight excluding hydrogens is 487 g/mol. The van der Waals surface area contributed by atoms with Crippen molar-refractivity contribution in [2.24, 2.45) is 0 Å². The molecule has 27 heavy (non-hydrogen) atoms. The van der Waals surface area contributed by atoms with Gasteiger partial charge in [0.25, 0.3) is 0 Å². The van der Waals surface area contributed by atoms with Crippen LogP contribution in [-0.2, 0) is 15.7 Å². The topological polar surface area (TPSA) is 26.3 Å². The molecule has 0 spiro atoms. The lowest BCUT2D eigenvalue weighted by atomic mass is 10.2. The van der Waals surface area contributed by atoms with Crippen LogP contribution in [0.5, 0.6) is 5.75 Å². The molecule has 0 amide bonds. The normalized spacial score (nSPS) is 13.6. The van der Waals surface area contributed by atoms with Crippen molar-refractivity contribution in [3.63, 3.8) is 0 Å². The molecule has 136 valence electrons. The van der Waals surface area contributed by atoms with E-state index in [1.54, 1.807) is 0 Å². The molecule has 1 heterocycles. The molecule has 0 aromatic heterocycles. The van der Waals surface area contributed by atoms with Gasteiger partial charge in [-0.1, -0.05) is 64.7 Å². The second-order valence-corrected chi connectivity index (χ2v) is 12.4. The Labute approximate surface area is 180 Å². The number of hydrogen-bond donors (Lipinski definition) is 0. The number of benzene rings is 3. The van der Waals surface area contributed by atoms with Crippen LogP contribution in [0, 0.1) is 0 Å². The Morgan fingerprint density at radius 3 is 2.11 bits per heavy atom. The largest absolute Gasteiger partial charge is 0.425 e. The van der Waals surface area contributed by atoms with Crippen LogP contribution in [0.25, 0.3) is 0 Å². The molecule has 0 aliphatic carbocycles. The number of alkyl halides is 1. The highest BCUT2D eigenvalue weighted by Crippen LogP contribution is 2.48. The van der Waals surface area contributed by atoms with Crippen molar-refractivity contribution in [2.75, 3.05) is 0 Å². The first-order valence-electron chi connectivity index (χ1n) is 8.55. The fourth-order valence-corrected chi connectivity index (χ4v) is 6.68. The zero-order valence-corrected chi connectivity index (χ0v) is 18.7. The van der Waals surface area contributed by atoms with E-state index in [1.807, 2.05) is 43.8 Å². The Kier molecular flexibility index (Phi) is 5.27. The fourth-order valence-electron chi connectivity index (χ4n) is 2.79. The molecule has 2 nitrogen and oxygen atoms in total. The van der Waals surface area contributed by atoms with Crippen LogP contribution in [0.1, 0.15) is 13.8 Å². The lowest BCUT2D eigenvalue weighted by Gasteiger charge is -2.19. The van der Waals surface area contributed by atoms with Gasteiger partial charge in [0.15, 0.2) is 14.7 Å². The van der Waals surface area contributed by atoms with E-state index in [-0.39, 0.29) is 16.9 Å². The van der Waals surface area contributed by atoms with Crippen LogP contribution in [0.2, 0.25) is 0 Å². The lowest BCUT2D eigenvalue weighted by Crippen LogP contribution is -2.29. The van der Waals surface area contributed by atoms with Crippen LogP contribution in [0.15, 0.2) is 97.3 Å². The molecule has 0 saturated heterocycles. The van der Waals surface area contributed by atoms with Gasteiger partial charge in [-0.25, -0.2) is 0 Å². The van der Waals surface area contributed by atoms with Crippen molar-refractivity contribution in [1.29, 1.82) is 0 Å². The molecule has 0 bridgehead atoms. The minimum atomic E-state index is -0.559. The van der Waals surface area contributed by atoms with Gasteiger partial charge in [0, 0.05) is 6.07 Å². The number of carbonyl (C=O) groups is 1. The molecule has 1 aliphatic heterocycles. The van der Waals surface area contributed by atoms with Crippen LogP contribution >= 0.6 is 34.4 Å². The first kappa shape index (κ1) is 18.9. The molecule has 5 heteroatoms. The summed E-state index contributed by atoms with van der Waals surface area (Å²) >= 11 is 3.93. The highest BCUT2D eigenvalue weighted by Gasteiger charge is 2.38. The summed E-state index contributed by atoms with van der Waals surface area (Å²) in [7, 11) is -0.218. The van der Waals surface area contributed by atoms with Crippen molar-refractivity contribution in [3.05, 3.63) is 72.8 Å². The molecule has 3 aromatic carbocycles. The van der Waals surface area contributed by atoms with Gasteiger partial charge in [0.2, 0.25) is 0 Å². The Bertz CT molecular complexity index is 965. The first-order valence-corrected chi connectivity index (χ1v) is 11.7. The van der Waals surface area contributed by atoms with Crippen LogP contribution in [0.4, 0.5) is 0 Å². The zero-order chi connectivity index (χ0) is 19.0. The highest BCUT2D eigenvalue weighted by molar-refractivity contribution is 14.1. The minimum absolute atomic E-state index is 0.218. The lowest BCUT2D eigenvalue weighted by molar-refractivity contribution is -0.135. The molecule has 3 aromatic rings. The molecule has 0 saturated carbocycles. The monoisotopic (exact) mass is 505 g/mol. The Balaban J connectivity index is 1.78. The summed E-state index contributed by atoms with van der Waals surface area (Å²) in [6, 6.07) is 25.1. The molecule has 1 aliphatic rings. The van der Waals surface area contributed by atoms with Crippen molar-refractivity contribution in [2.45, 2.75) is 41.7 Å². The van der Waals surface area contributed by atoms with Gasteiger partial charge < -0.3 is 4.74 Å². The predicted molar refractivity (Wildman–Crippen MR) is 119 cm³/mol. The van der Waals surface area contributed by atoms with E-state index in [9.17, 15) is 4.79 Å². The van der Waals surface area contributed by atoms with E-state index in [4.69, 9.17) is 4.74 Å². The standard InChI is InChI=1S/C22H18IO2S2/c1-22(2,23)21(24)25-15-8-7-9-16(14-15)27-19-12-5-3-10-17(19)26-18-11-4-6-13-20(18)27/h3-14H,1-2H3/q+1. The number of ether oxygens (including phenoxy) is 1. The molecule has 0 radical (unpaired) electrons. The second kappa shape index (κ2) is 7.53. The maximum Gasteiger partial charge on any atom is 0.326 e. The smallest absolute Gasteiger partial charge is 0.326 e. The van der Waals surface area contributed by atoms with E-state index in [1.165, 1.54) is 19.6 Å². The molecule has 4 rings (SSSR count). The molecule has 0 unspecified atom stereocenters. The number of esters is 1. The van der Waals surface area contributed by atoms with Crippen molar-refractivity contribution < 1.29 is 9.53 Å². The van der Waals surface area contributed by atoms with E-state index in [2.05, 4.69) is 77.2 Å². The van der Waals surface area contributed by atoms with E-state index >= 15 is 0 Å². The molecule has 0 N–H and O–H groups in total. The van der Waals surface area contributed by atoms with Gasteiger partial charge in [-0.05, 0) is 50.2 Å². The van der Waals surface area contributed by atoms with Gasteiger partial charge in [0.1, 0.15) is 20.1 Å². The summed E-state index contributed by atoms with van der Waals surface area (Å²) in [4.78, 5) is 18.7. The SMILES string of the molecule is CC(C)(I)C(=O)Oc1cccc([S+]2c3ccccc3Sc3ccccc32)c1. The maximum absolute atomic E-state index is 12.3. The third-order valence-electron chi connectivity index (χ3n) is 4.10. The molecule has 0 atom stereocenters. The van der Waals surface area contributed by atoms with Gasteiger partial charge in [-0.3, -0.25) is 4.79 Å². The number of hydrogen-bond acceptors (Lipinski definition) is 3. The van der Waals surface area contributed by atoms with Crippen LogP contribution in [-0.4, -0.2) is 9.39 Å². The van der Waals surface area contributed by atoms with E-state index in [0.717, 1.165) is 4.90 Å². The summed E-state index contributed by atoms with van der Waals surface area (Å²) in [5.74, 6) is 0.367. The Hall–Kier alpha value is -1.44. The third-order valence-corrected chi connectivity index (χ3v) is 8.26. The van der Waals surface area contributed by atoms with Crippen molar-refractivity contribution >= 4 is 51.2 Å². The summed E-state index contributed by atoms with van der Waals surface area (Å²) in [5, 5.41) is 0. The van der Waals surface area contributed by atoms with Crippen LogP contribution < -0.4 is 4.74 Å². The summed E-state index contributed by atoms with van der Waals surface area (Å²) in [5.41, 5.74) is 0. The average molecular weight is 505 g/mol. The maximum atomic E-state index is 12.3. The second-order valence-electron chi connectivity index (χ2n) is 6.64. The first-order chi connectivity index (χ1) is 12.9. The Morgan fingerprint density at radius 1 is 0.926 bits per heavy atom. The predicted octanol–water partition coefficient (Wildman–Crippen LogP) is 6.37. The highest BCUT2D eigenvalue weighted by atomic mass is 127. The van der Waals surface area contributed by atoms with Gasteiger partial charge >= 0.3 is 5.97 Å².